The second kappa shape index (κ2) is 9.28. The van der Waals surface area contributed by atoms with E-state index in [1.165, 1.54) is 5.57 Å². The van der Waals surface area contributed by atoms with Crippen LogP contribution in [0, 0.1) is 50.2 Å². The van der Waals surface area contributed by atoms with Crippen LogP contribution in [0.1, 0.15) is 112 Å². The summed E-state index contributed by atoms with van der Waals surface area (Å²) in [5.41, 5.74) is 1.77. The second-order valence-electron chi connectivity index (χ2n) is 16.8. The van der Waals surface area contributed by atoms with Gasteiger partial charge in [0.2, 0.25) is 0 Å². The first-order valence-corrected chi connectivity index (χ1v) is 16.2. The maximum absolute atomic E-state index is 14.1. The Morgan fingerprint density at radius 2 is 1.61 bits per heavy atom. The third-order valence-corrected chi connectivity index (χ3v) is 14.0. The van der Waals surface area contributed by atoms with Crippen LogP contribution in [0.25, 0.3) is 0 Å². The molecule has 0 saturated heterocycles. The molecule has 4 heteroatoms. The highest BCUT2D eigenvalue weighted by Crippen LogP contribution is 2.75. The van der Waals surface area contributed by atoms with Gasteiger partial charge in [-0.15, -0.1) is 0 Å². The molecule has 5 aliphatic rings. The molecule has 224 valence electrons. The third-order valence-electron chi connectivity index (χ3n) is 14.0. The van der Waals surface area contributed by atoms with E-state index in [1.54, 1.807) is 0 Å². The predicted molar refractivity (Wildman–Crippen MR) is 162 cm³/mol. The lowest BCUT2D eigenvalue weighted by Gasteiger charge is -2.70. The molecule has 0 radical (unpaired) electrons. The molecule has 4 saturated carbocycles. The van der Waals surface area contributed by atoms with Crippen molar-refractivity contribution in [1.29, 1.82) is 0 Å². The Balaban J connectivity index is 1.38. The quantitative estimate of drug-likeness (QED) is 0.300. The molecule has 0 unspecified atom stereocenters. The van der Waals surface area contributed by atoms with Gasteiger partial charge in [-0.05, 0) is 96.3 Å². The standard InChI is InChI=1S/C37H52O4/c1-32(2)17-19-37(31(40)41-23-24-11-9-8-10-12-24)20-18-35(6)25(26(37)21-32)13-14-29-34(5)22-27(38)30(39)33(3,4)28(34)15-16-36(29,35)7/h8-13,26,28-30,39H,14-23H2,1-7H3/t26-,28-,29+,30-,34-,35+,36+,37-/m0/s1. The summed E-state index contributed by atoms with van der Waals surface area (Å²) < 4.78 is 6.14. The lowest BCUT2D eigenvalue weighted by atomic mass is 9.33. The summed E-state index contributed by atoms with van der Waals surface area (Å²) in [6.07, 6.45) is 10.1. The number of fused-ring (bicyclic) bond motifs is 7. The maximum atomic E-state index is 14.1. The summed E-state index contributed by atoms with van der Waals surface area (Å²) >= 11 is 0. The van der Waals surface area contributed by atoms with Gasteiger partial charge in [0.05, 0.1) is 5.41 Å². The van der Waals surface area contributed by atoms with Gasteiger partial charge in [-0.2, -0.15) is 0 Å². The number of hydrogen-bond acceptors (Lipinski definition) is 4. The Hall–Kier alpha value is -1.94. The van der Waals surface area contributed by atoms with Crippen molar-refractivity contribution in [3.8, 4) is 0 Å². The fourth-order valence-corrected chi connectivity index (χ4v) is 11.4. The SMILES string of the molecule is CC1(C)CC[C@]2(C(=O)OCc3ccccc3)CC[C@]3(C)C(=CC[C@@H]4[C@@]5(C)CC(=O)[C@H](O)C(C)(C)[C@@H]5CC[C@]43C)[C@@H]2C1. The number of rotatable bonds is 3. The summed E-state index contributed by atoms with van der Waals surface area (Å²) in [6.45, 7) is 16.7. The number of ketones is 1. The number of aliphatic hydroxyl groups is 1. The molecule has 41 heavy (non-hydrogen) atoms. The monoisotopic (exact) mass is 560 g/mol. The van der Waals surface area contributed by atoms with Crippen LogP contribution in [0.4, 0.5) is 0 Å². The molecule has 0 spiro atoms. The number of benzene rings is 1. The second-order valence-corrected chi connectivity index (χ2v) is 16.8. The molecule has 8 atom stereocenters. The number of hydrogen-bond donors (Lipinski definition) is 1. The number of ether oxygens (including phenoxy) is 1. The van der Waals surface area contributed by atoms with Gasteiger partial charge in [0, 0.05) is 11.8 Å². The van der Waals surface area contributed by atoms with Crippen molar-refractivity contribution in [2.45, 2.75) is 119 Å². The zero-order valence-electron chi connectivity index (χ0n) is 26.5. The topological polar surface area (TPSA) is 63.6 Å². The Morgan fingerprint density at radius 3 is 2.32 bits per heavy atom. The molecule has 4 nitrogen and oxygen atoms in total. The fourth-order valence-electron chi connectivity index (χ4n) is 11.4. The van der Waals surface area contributed by atoms with Crippen molar-refractivity contribution in [2.75, 3.05) is 0 Å². The first kappa shape index (κ1) is 29.1. The molecule has 4 fully saturated rings. The average molecular weight is 561 g/mol. The van der Waals surface area contributed by atoms with Gasteiger partial charge >= 0.3 is 5.97 Å². The largest absolute Gasteiger partial charge is 0.460 e. The van der Waals surface area contributed by atoms with Crippen molar-refractivity contribution < 1.29 is 19.4 Å². The number of allylic oxidation sites excluding steroid dienone is 2. The van der Waals surface area contributed by atoms with Crippen LogP contribution in [-0.2, 0) is 20.9 Å². The van der Waals surface area contributed by atoms with Gasteiger partial charge in [0.15, 0.2) is 5.78 Å². The van der Waals surface area contributed by atoms with E-state index in [1.807, 2.05) is 30.3 Å². The highest BCUT2D eigenvalue weighted by atomic mass is 16.5. The lowest BCUT2D eigenvalue weighted by Crippen LogP contribution is -2.66. The normalized spacial score (nSPS) is 44.4. The molecule has 0 aromatic heterocycles. The summed E-state index contributed by atoms with van der Waals surface area (Å²) in [7, 11) is 0. The Bertz CT molecular complexity index is 1260. The fraction of sp³-hybridized carbons (Fsp3) is 0.730. The number of esters is 1. The Kier molecular flexibility index (Phi) is 6.60. The van der Waals surface area contributed by atoms with E-state index in [4.69, 9.17) is 4.74 Å². The van der Waals surface area contributed by atoms with Crippen LogP contribution in [0.5, 0.6) is 0 Å². The molecule has 0 aliphatic heterocycles. The van der Waals surface area contributed by atoms with Crippen LogP contribution in [0.15, 0.2) is 42.0 Å². The third kappa shape index (κ3) is 4.01. The van der Waals surface area contributed by atoms with E-state index < -0.39 is 16.9 Å². The highest BCUT2D eigenvalue weighted by Gasteiger charge is 2.70. The van der Waals surface area contributed by atoms with Crippen molar-refractivity contribution in [3.05, 3.63) is 47.5 Å². The summed E-state index contributed by atoms with van der Waals surface area (Å²) in [6, 6.07) is 10.1. The highest BCUT2D eigenvalue weighted by molar-refractivity contribution is 5.85. The smallest absolute Gasteiger partial charge is 0.313 e. The minimum atomic E-state index is -0.864. The zero-order valence-corrected chi connectivity index (χ0v) is 26.5. The van der Waals surface area contributed by atoms with Crippen LogP contribution in [0.2, 0.25) is 0 Å². The molecule has 1 N–H and O–H groups in total. The molecular weight excluding hydrogens is 508 g/mol. The van der Waals surface area contributed by atoms with E-state index in [2.05, 4.69) is 54.5 Å². The molecule has 1 aromatic carbocycles. The van der Waals surface area contributed by atoms with Crippen LogP contribution < -0.4 is 0 Å². The van der Waals surface area contributed by atoms with Crippen molar-refractivity contribution >= 4 is 11.8 Å². The minimum absolute atomic E-state index is 0.00126. The number of Topliss-reactive ketones (excluding diaryl/α,β-unsaturated/α-hetero) is 1. The maximum Gasteiger partial charge on any atom is 0.313 e. The van der Waals surface area contributed by atoms with Gasteiger partial charge in [-0.25, -0.2) is 0 Å². The number of aliphatic hydroxyl groups excluding tert-OH is 1. The van der Waals surface area contributed by atoms with Crippen LogP contribution >= 0.6 is 0 Å². The molecule has 0 bridgehead atoms. The molecule has 6 rings (SSSR count). The van der Waals surface area contributed by atoms with E-state index >= 15 is 0 Å². The lowest BCUT2D eigenvalue weighted by molar-refractivity contribution is -0.205. The van der Waals surface area contributed by atoms with E-state index in [-0.39, 0.29) is 39.3 Å². The molecule has 0 amide bonds. The minimum Gasteiger partial charge on any atom is -0.460 e. The van der Waals surface area contributed by atoms with Crippen LogP contribution in [0.3, 0.4) is 0 Å². The first-order chi connectivity index (χ1) is 19.1. The first-order valence-electron chi connectivity index (χ1n) is 16.2. The van der Waals surface area contributed by atoms with Gasteiger partial charge in [0.1, 0.15) is 12.7 Å². The number of carbonyl (C=O) groups excluding carboxylic acids is 2. The summed E-state index contributed by atoms with van der Waals surface area (Å²) in [5, 5.41) is 10.9. The predicted octanol–water partition coefficient (Wildman–Crippen LogP) is 8.07. The van der Waals surface area contributed by atoms with E-state index in [0.29, 0.717) is 24.9 Å². The number of carbonyl (C=O) groups is 2. The van der Waals surface area contributed by atoms with Crippen LogP contribution in [-0.4, -0.2) is 23.0 Å². The van der Waals surface area contributed by atoms with E-state index in [9.17, 15) is 14.7 Å². The van der Waals surface area contributed by atoms with Crippen molar-refractivity contribution in [1.82, 2.24) is 0 Å². The summed E-state index contributed by atoms with van der Waals surface area (Å²) in [4.78, 5) is 27.4. The molecule has 5 aliphatic carbocycles. The van der Waals surface area contributed by atoms with Gasteiger partial charge in [-0.3, -0.25) is 9.59 Å². The average Bonchev–Trinajstić information content (AvgIpc) is 2.91. The van der Waals surface area contributed by atoms with Crippen molar-refractivity contribution in [3.63, 3.8) is 0 Å². The molecule has 1 aromatic rings. The zero-order chi connectivity index (χ0) is 29.6. The van der Waals surface area contributed by atoms with Crippen molar-refractivity contribution in [2.24, 2.45) is 50.2 Å². The Labute approximate surface area is 247 Å². The van der Waals surface area contributed by atoms with Gasteiger partial charge in [0.25, 0.3) is 0 Å². The van der Waals surface area contributed by atoms with E-state index in [0.717, 1.165) is 56.9 Å². The van der Waals surface area contributed by atoms with Gasteiger partial charge in [-0.1, -0.05) is 90.4 Å². The summed E-state index contributed by atoms with van der Waals surface area (Å²) in [5.74, 6) is 0.927. The van der Waals surface area contributed by atoms with Gasteiger partial charge < -0.3 is 9.84 Å². The molecule has 0 heterocycles. The molecular formula is C37H52O4. The Morgan fingerprint density at radius 1 is 0.927 bits per heavy atom.